The van der Waals surface area contributed by atoms with Gasteiger partial charge in [0.1, 0.15) is 17.0 Å². The number of piperidine rings is 3. The van der Waals surface area contributed by atoms with Crippen LogP contribution in [-0.2, 0) is 16.9 Å². The molecule has 5 aliphatic rings. The van der Waals surface area contributed by atoms with E-state index in [9.17, 15) is 9.90 Å². The van der Waals surface area contributed by atoms with Crippen LogP contribution in [0.3, 0.4) is 0 Å². The standard InChI is InChI=1S/C28H40N6O3/c1-37-25-8-4-3-7-24(25)31-13-15-32(16-14-31)27(35)23-19-33-12-9-21(23)17-22(33)18-34-20-26(29-30-34)28(36)10-5-2-6-11-28/h3-4,7-8,20-23,36H,2,5-6,9-19H2,1H3/t21?,22-,23+/m1/s1. The van der Waals surface area contributed by atoms with E-state index in [1.54, 1.807) is 7.11 Å². The predicted octanol–water partition coefficient (Wildman–Crippen LogP) is 2.50. The van der Waals surface area contributed by atoms with Gasteiger partial charge in [0.05, 0.1) is 31.5 Å². The summed E-state index contributed by atoms with van der Waals surface area (Å²) in [4.78, 5) is 20.5. The van der Waals surface area contributed by atoms with Gasteiger partial charge in [0.2, 0.25) is 5.91 Å². The number of aliphatic hydroxyl groups is 1. The van der Waals surface area contributed by atoms with E-state index in [2.05, 4.69) is 31.1 Å². The molecule has 2 bridgehead atoms. The normalized spacial score (nSPS) is 29.4. The Morgan fingerprint density at radius 1 is 1.11 bits per heavy atom. The van der Waals surface area contributed by atoms with E-state index in [1.165, 1.54) is 6.42 Å². The SMILES string of the molecule is COc1ccccc1N1CCN(C(=O)[C@H]2CN3CCC2C[C@@H]3Cn2cc(C3(O)CCCCC3)nn2)CC1. The molecule has 5 fully saturated rings. The molecule has 2 unspecified atom stereocenters. The van der Waals surface area contributed by atoms with Crippen LogP contribution in [0.5, 0.6) is 5.75 Å². The molecule has 1 N–H and O–H groups in total. The monoisotopic (exact) mass is 508 g/mol. The number of benzene rings is 1. The van der Waals surface area contributed by atoms with Crippen LogP contribution in [0.15, 0.2) is 30.5 Å². The van der Waals surface area contributed by atoms with Crippen LogP contribution in [0, 0.1) is 11.8 Å². The van der Waals surface area contributed by atoms with Crippen molar-refractivity contribution in [1.29, 1.82) is 0 Å². The van der Waals surface area contributed by atoms with Crippen LogP contribution >= 0.6 is 0 Å². The Bertz CT molecular complexity index is 1090. The molecule has 9 nitrogen and oxygen atoms in total. The van der Waals surface area contributed by atoms with E-state index in [0.717, 1.165) is 101 Å². The largest absolute Gasteiger partial charge is 0.495 e. The Balaban J connectivity index is 1.04. The highest BCUT2D eigenvalue weighted by Crippen LogP contribution is 2.39. The molecule has 4 aliphatic heterocycles. The van der Waals surface area contributed by atoms with Crippen molar-refractivity contribution < 1.29 is 14.6 Å². The van der Waals surface area contributed by atoms with Gasteiger partial charge in [-0.25, -0.2) is 0 Å². The number of methoxy groups -OCH3 is 1. The highest BCUT2D eigenvalue weighted by Gasteiger charge is 2.45. The van der Waals surface area contributed by atoms with Gasteiger partial charge in [0.15, 0.2) is 0 Å². The second-order valence-electron chi connectivity index (χ2n) is 11.4. The van der Waals surface area contributed by atoms with Crippen molar-refractivity contribution in [2.45, 2.75) is 63.1 Å². The summed E-state index contributed by atoms with van der Waals surface area (Å²) in [7, 11) is 1.71. The molecular formula is C28H40N6O3. The number of nitrogens with zero attached hydrogens (tertiary/aromatic N) is 6. The Kier molecular flexibility index (Phi) is 6.84. The molecule has 1 saturated carbocycles. The maximum Gasteiger partial charge on any atom is 0.227 e. The van der Waals surface area contributed by atoms with Gasteiger partial charge in [0.25, 0.3) is 0 Å². The fourth-order valence-corrected chi connectivity index (χ4v) is 7.11. The second-order valence-corrected chi connectivity index (χ2v) is 11.4. The number of hydrogen-bond donors (Lipinski definition) is 1. The Morgan fingerprint density at radius 2 is 1.89 bits per heavy atom. The average Bonchev–Trinajstić information content (AvgIpc) is 3.43. The van der Waals surface area contributed by atoms with Crippen LogP contribution < -0.4 is 9.64 Å². The predicted molar refractivity (Wildman–Crippen MR) is 140 cm³/mol. The van der Waals surface area contributed by atoms with Gasteiger partial charge in [-0.2, -0.15) is 0 Å². The second kappa shape index (κ2) is 10.3. The summed E-state index contributed by atoms with van der Waals surface area (Å²) in [5, 5.41) is 19.7. The number of piperazine rings is 1. The average molecular weight is 509 g/mol. The lowest BCUT2D eigenvalue weighted by atomic mass is 9.75. The number of rotatable bonds is 6. The Morgan fingerprint density at radius 3 is 2.62 bits per heavy atom. The molecule has 0 spiro atoms. The van der Waals surface area contributed by atoms with Crippen LogP contribution in [-0.4, -0.2) is 88.2 Å². The van der Waals surface area contributed by atoms with E-state index >= 15 is 0 Å². The van der Waals surface area contributed by atoms with E-state index in [0.29, 0.717) is 17.9 Å². The summed E-state index contributed by atoms with van der Waals surface area (Å²) >= 11 is 0. The summed E-state index contributed by atoms with van der Waals surface area (Å²) in [6.45, 7) is 5.84. The number of carbonyl (C=O) groups excluding carboxylic acids is 1. The Hall–Kier alpha value is -2.65. The smallest absolute Gasteiger partial charge is 0.227 e. The third-order valence-electron chi connectivity index (χ3n) is 9.31. The highest BCUT2D eigenvalue weighted by molar-refractivity contribution is 5.80. The van der Waals surface area contributed by atoms with Gasteiger partial charge in [-0.15, -0.1) is 5.10 Å². The molecule has 2 aromatic rings. The zero-order valence-corrected chi connectivity index (χ0v) is 22.0. The first-order chi connectivity index (χ1) is 18.0. The van der Waals surface area contributed by atoms with Gasteiger partial charge in [-0.1, -0.05) is 36.6 Å². The molecule has 1 aromatic heterocycles. The topological polar surface area (TPSA) is 87.0 Å². The summed E-state index contributed by atoms with van der Waals surface area (Å²) in [5.74, 6) is 1.74. The van der Waals surface area contributed by atoms with Gasteiger partial charge >= 0.3 is 0 Å². The van der Waals surface area contributed by atoms with Gasteiger partial charge < -0.3 is 19.6 Å². The van der Waals surface area contributed by atoms with E-state index in [1.807, 2.05) is 29.1 Å². The maximum absolute atomic E-state index is 13.6. The minimum absolute atomic E-state index is 0.0945. The highest BCUT2D eigenvalue weighted by atomic mass is 16.5. The molecule has 5 heterocycles. The van der Waals surface area contributed by atoms with Crippen LogP contribution in [0.25, 0.3) is 0 Å². The van der Waals surface area contributed by atoms with Gasteiger partial charge in [-0.05, 0) is 50.3 Å². The zero-order valence-electron chi connectivity index (χ0n) is 22.0. The minimum Gasteiger partial charge on any atom is -0.495 e. The molecule has 0 radical (unpaired) electrons. The number of carbonyl (C=O) groups is 1. The summed E-state index contributed by atoms with van der Waals surface area (Å²) in [5.41, 5.74) is 1.02. The summed E-state index contributed by atoms with van der Waals surface area (Å²) in [6, 6.07) is 8.49. The molecule has 4 atom stereocenters. The van der Waals surface area contributed by atoms with Gasteiger partial charge in [0, 0.05) is 38.8 Å². The fourth-order valence-electron chi connectivity index (χ4n) is 7.11. The number of anilines is 1. The lowest BCUT2D eigenvalue weighted by Gasteiger charge is -2.50. The molecular weight excluding hydrogens is 468 g/mol. The summed E-state index contributed by atoms with van der Waals surface area (Å²) < 4.78 is 7.46. The third-order valence-corrected chi connectivity index (χ3v) is 9.31. The number of aromatic nitrogens is 3. The number of amides is 1. The molecule has 200 valence electrons. The first-order valence-electron chi connectivity index (χ1n) is 14.1. The molecule has 1 amide bonds. The lowest BCUT2D eigenvalue weighted by molar-refractivity contribution is -0.144. The summed E-state index contributed by atoms with van der Waals surface area (Å²) in [6.07, 6.45) is 8.91. The lowest BCUT2D eigenvalue weighted by Crippen LogP contribution is -2.60. The number of para-hydroxylation sites is 2. The van der Waals surface area contributed by atoms with E-state index in [-0.39, 0.29) is 5.92 Å². The molecule has 1 aliphatic carbocycles. The fraction of sp³-hybridized carbons (Fsp3) is 0.679. The quantitative estimate of drug-likeness (QED) is 0.642. The molecule has 37 heavy (non-hydrogen) atoms. The molecule has 4 saturated heterocycles. The number of ether oxygens (including phenoxy) is 1. The Labute approximate surface area is 219 Å². The van der Waals surface area contributed by atoms with Crippen LogP contribution in [0.4, 0.5) is 5.69 Å². The van der Waals surface area contributed by atoms with Crippen molar-refractivity contribution in [2.75, 3.05) is 51.3 Å². The molecule has 7 rings (SSSR count). The number of hydrogen-bond acceptors (Lipinski definition) is 7. The van der Waals surface area contributed by atoms with Crippen molar-refractivity contribution in [3.63, 3.8) is 0 Å². The van der Waals surface area contributed by atoms with Crippen molar-refractivity contribution in [2.24, 2.45) is 11.8 Å². The van der Waals surface area contributed by atoms with Crippen LogP contribution in [0.2, 0.25) is 0 Å². The first kappa shape index (κ1) is 24.7. The number of fused-ring (bicyclic) bond motifs is 3. The molecule has 1 aromatic carbocycles. The minimum atomic E-state index is -0.810. The van der Waals surface area contributed by atoms with E-state index < -0.39 is 5.60 Å². The van der Waals surface area contributed by atoms with Crippen LogP contribution in [0.1, 0.15) is 50.6 Å². The first-order valence-corrected chi connectivity index (χ1v) is 14.1. The van der Waals surface area contributed by atoms with Crippen molar-refractivity contribution in [3.05, 3.63) is 36.2 Å². The van der Waals surface area contributed by atoms with Gasteiger partial charge in [-0.3, -0.25) is 14.4 Å². The van der Waals surface area contributed by atoms with Crippen molar-refractivity contribution in [3.8, 4) is 5.75 Å². The third kappa shape index (κ3) is 4.83. The van der Waals surface area contributed by atoms with Crippen molar-refractivity contribution in [1.82, 2.24) is 24.8 Å². The maximum atomic E-state index is 13.6. The zero-order chi connectivity index (χ0) is 25.4. The van der Waals surface area contributed by atoms with E-state index in [4.69, 9.17) is 4.74 Å². The van der Waals surface area contributed by atoms with Crippen molar-refractivity contribution >= 4 is 11.6 Å². The molecule has 9 heteroatoms.